The van der Waals surface area contributed by atoms with Crippen LogP contribution in [0.2, 0.25) is 0 Å². The third-order valence-corrected chi connectivity index (χ3v) is 21.7. The Labute approximate surface area is 619 Å². The van der Waals surface area contributed by atoms with E-state index in [1.807, 2.05) is 0 Å². The van der Waals surface area contributed by atoms with Crippen LogP contribution in [-0.2, 0) is 65.4 Å². The van der Waals surface area contributed by atoms with Crippen molar-refractivity contribution >= 4 is 39.5 Å². The van der Waals surface area contributed by atoms with Crippen LogP contribution in [0.1, 0.15) is 421 Å². The molecule has 0 amide bonds. The molecular formula is C82H160O17P2. The van der Waals surface area contributed by atoms with E-state index in [9.17, 15) is 43.2 Å². The molecule has 7 atom stereocenters. The summed E-state index contributed by atoms with van der Waals surface area (Å²) >= 11 is 0. The molecule has 0 spiro atoms. The molecule has 0 bridgehead atoms. The fourth-order valence-corrected chi connectivity index (χ4v) is 14.1. The van der Waals surface area contributed by atoms with Crippen LogP contribution in [0.5, 0.6) is 0 Å². The Bertz CT molecular complexity index is 1980. The molecule has 0 aromatic heterocycles. The molecule has 0 aromatic rings. The Morgan fingerprint density at radius 1 is 0.277 bits per heavy atom. The van der Waals surface area contributed by atoms with Gasteiger partial charge in [0.05, 0.1) is 26.4 Å². The minimum Gasteiger partial charge on any atom is -0.462 e. The molecule has 0 aliphatic carbocycles. The fourth-order valence-electron chi connectivity index (χ4n) is 12.5. The molecule has 5 unspecified atom stereocenters. The molecule has 0 aliphatic rings. The monoisotopic (exact) mass is 1480 g/mol. The van der Waals surface area contributed by atoms with Gasteiger partial charge in [0.1, 0.15) is 19.3 Å². The lowest BCUT2D eigenvalue weighted by atomic mass is 9.99. The molecule has 101 heavy (non-hydrogen) atoms. The summed E-state index contributed by atoms with van der Waals surface area (Å²) < 4.78 is 68.7. The summed E-state index contributed by atoms with van der Waals surface area (Å²) in [6, 6.07) is 0. The number of aliphatic hydroxyl groups excluding tert-OH is 1. The van der Waals surface area contributed by atoms with Crippen LogP contribution in [0.3, 0.4) is 0 Å². The Morgan fingerprint density at radius 3 is 0.703 bits per heavy atom. The normalized spacial score (nSPS) is 14.5. The summed E-state index contributed by atoms with van der Waals surface area (Å²) in [6.45, 7) is 14.3. The maximum absolute atomic E-state index is 13.1. The van der Waals surface area contributed by atoms with Crippen molar-refractivity contribution < 1.29 is 80.2 Å². The van der Waals surface area contributed by atoms with Crippen LogP contribution in [0.25, 0.3) is 0 Å². The quantitative estimate of drug-likeness (QED) is 0.0222. The second kappa shape index (κ2) is 71.0. The minimum atomic E-state index is -4.96. The third kappa shape index (κ3) is 73.4. The molecule has 0 radical (unpaired) electrons. The number of esters is 4. The smallest absolute Gasteiger partial charge is 0.462 e. The van der Waals surface area contributed by atoms with Gasteiger partial charge in [0.25, 0.3) is 0 Å². The van der Waals surface area contributed by atoms with Crippen molar-refractivity contribution in [2.45, 2.75) is 440 Å². The van der Waals surface area contributed by atoms with Crippen molar-refractivity contribution in [1.29, 1.82) is 0 Å². The van der Waals surface area contributed by atoms with Crippen LogP contribution >= 0.6 is 15.6 Å². The molecule has 600 valence electrons. The maximum Gasteiger partial charge on any atom is 0.472 e. The molecule has 0 saturated heterocycles. The number of phosphoric acid groups is 2. The molecule has 0 aromatic carbocycles. The van der Waals surface area contributed by atoms with Gasteiger partial charge in [0, 0.05) is 25.7 Å². The number of carbonyl (C=O) groups is 4. The van der Waals surface area contributed by atoms with E-state index in [-0.39, 0.29) is 25.7 Å². The number of hydrogen-bond donors (Lipinski definition) is 3. The van der Waals surface area contributed by atoms with Gasteiger partial charge < -0.3 is 33.8 Å². The zero-order valence-electron chi connectivity index (χ0n) is 66.5. The molecular weight excluding hydrogens is 1320 g/mol. The first-order valence-corrected chi connectivity index (χ1v) is 45.3. The predicted octanol–water partition coefficient (Wildman–Crippen LogP) is 24.4. The van der Waals surface area contributed by atoms with Crippen molar-refractivity contribution in [3.8, 4) is 0 Å². The minimum absolute atomic E-state index is 0.105. The van der Waals surface area contributed by atoms with E-state index in [1.165, 1.54) is 218 Å². The lowest BCUT2D eigenvalue weighted by Crippen LogP contribution is -2.30. The summed E-state index contributed by atoms with van der Waals surface area (Å²) in [4.78, 5) is 73.0. The highest BCUT2D eigenvalue weighted by Crippen LogP contribution is 2.45. The van der Waals surface area contributed by atoms with E-state index in [2.05, 4.69) is 55.4 Å². The van der Waals surface area contributed by atoms with Gasteiger partial charge in [-0.25, -0.2) is 9.13 Å². The zero-order chi connectivity index (χ0) is 74.6. The summed E-state index contributed by atoms with van der Waals surface area (Å²) in [5, 5.41) is 10.6. The first-order chi connectivity index (χ1) is 48.7. The molecule has 0 rings (SSSR count). The number of aliphatic hydroxyl groups is 1. The zero-order valence-corrected chi connectivity index (χ0v) is 68.3. The number of unbranched alkanes of at least 4 members (excludes halogenated alkanes) is 43. The van der Waals surface area contributed by atoms with Crippen LogP contribution in [-0.4, -0.2) is 96.7 Å². The maximum atomic E-state index is 13.1. The molecule has 17 nitrogen and oxygen atoms in total. The van der Waals surface area contributed by atoms with Gasteiger partial charge in [-0.05, 0) is 49.4 Å². The topological polar surface area (TPSA) is 237 Å². The van der Waals surface area contributed by atoms with Crippen molar-refractivity contribution in [3.63, 3.8) is 0 Å². The summed E-state index contributed by atoms with van der Waals surface area (Å²) in [6.07, 6.45) is 58.3. The molecule has 0 saturated carbocycles. The highest BCUT2D eigenvalue weighted by Gasteiger charge is 2.30. The largest absolute Gasteiger partial charge is 0.472 e. The van der Waals surface area contributed by atoms with Gasteiger partial charge in [0.2, 0.25) is 0 Å². The highest BCUT2D eigenvalue weighted by atomic mass is 31.2. The fraction of sp³-hybridized carbons (Fsp3) is 0.951. The molecule has 3 N–H and O–H groups in total. The van der Waals surface area contributed by atoms with Crippen molar-refractivity contribution in [3.05, 3.63) is 0 Å². The lowest BCUT2D eigenvalue weighted by Gasteiger charge is -2.21. The van der Waals surface area contributed by atoms with Gasteiger partial charge in [-0.1, -0.05) is 370 Å². The Balaban J connectivity index is 5.22. The SMILES string of the molecule is CCC(C)CCCCCCCCCCCCCCCCCCCCC(=O)O[C@H](COC(=O)CCCCCCCCCCCCCCC(C)C)COP(=O)(O)OCC(O)COP(=O)(O)OC[C@@H](COC(=O)CCCCCCCCCC(C)C)OC(=O)CCCCCCCCCCCCC(C)CC. The summed E-state index contributed by atoms with van der Waals surface area (Å²) in [5.74, 6) is 1.05. The Morgan fingerprint density at radius 2 is 0.475 bits per heavy atom. The number of phosphoric ester groups is 2. The number of rotatable bonds is 79. The van der Waals surface area contributed by atoms with Crippen molar-refractivity contribution in [2.75, 3.05) is 39.6 Å². The van der Waals surface area contributed by atoms with E-state index in [0.29, 0.717) is 31.6 Å². The Hall–Kier alpha value is -1.94. The third-order valence-electron chi connectivity index (χ3n) is 19.8. The molecule has 0 heterocycles. The highest BCUT2D eigenvalue weighted by molar-refractivity contribution is 7.47. The van der Waals surface area contributed by atoms with Crippen molar-refractivity contribution in [1.82, 2.24) is 0 Å². The lowest BCUT2D eigenvalue weighted by molar-refractivity contribution is -0.161. The van der Waals surface area contributed by atoms with Gasteiger partial charge in [-0.3, -0.25) is 37.3 Å². The van der Waals surface area contributed by atoms with E-state index in [1.54, 1.807) is 0 Å². The standard InChI is InChI=1S/C82H160O17P2/c1-9-74(7)60-52-44-36-28-22-17-15-13-11-12-14-16-18-24-31-39-48-56-64-81(86)98-77(68-92-79(84)62-54-46-38-30-23-20-19-21-27-34-42-50-58-72(3)4)70-96-100(88,89)94-66-76(83)67-95-101(90,91)97-71-78(69-93-80(85)63-55-47-41-33-35-43-51-59-73(5)6)99-82(87)65-57-49-40-32-26-25-29-37-45-53-61-75(8)10-2/h72-78,83H,9-71H2,1-8H3,(H,88,89)(H,90,91)/t74?,75?,76?,77-,78-/m1/s1. The molecule has 19 heteroatoms. The van der Waals surface area contributed by atoms with E-state index in [4.69, 9.17) is 37.0 Å². The molecule has 0 aliphatic heterocycles. The Kier molecular flexibility index (Phi) is 69.6. The van der Waals surface area contributed by atoms with Gasteiger partial charge in [-0.15, -0.1) is 0 Å². The van der Waals surface area contributed by atoms with Crippen LogP contribution < -0.4 is 0 Å². The van der Waals surface area contributed by atoms with E-state index >= 15 is 0 Å². The van der Waals surface area contributed by atoms with Crippen LogP contribution in [0.4, 0.5) is 0 Å². The average molecular weight is 1480 g/mol. The summed E-state index contributed by atoms with van der Waals surface area (Å²) in [7, 11) is -9.92. The first-order valence-electron chi connectivity index (χ1n) is 42.3. The second-order valence-electron chi connectivity index (χ2n) is 31.0. The van der Waals surface area contributed by atoms with Gasteiger partial charge >= 0.3 is 39.5 Å². The number of carbonyl (C=O) groups excluding carboxylic acids is 4. The van der Waals surface area contributed by atoms with Gasteiger partial charge in [0.15, 0.2) is 12.2 Å². The first kappa shape index (κ1) is 99.1. The second-order valence-corrected chi connectivity index (χ2v) is 33.9. The van der Waals surface area contributed by atoms with E-state index in [0.717, 1.165) is 114 Å². The number of hydrogen-bond acceptors (Lipinski definition) is 15. The van der Waals surface area contributed by atoms with Crippen LogP contribution in [0, 0.1) is 23.7 Å². The number of ether oxygens (including phenoxy) is 4. The average Bonchev–Trinajstić information content (AvgIpc) is 0.966. The van der Waals surface area contributed by atoms with E-state index < -0.39 is 97.5 Å². The van der Waals surface area contributed by atoms with Crippen LogP contribution in [0.15, 0.2) is 0 Å². The van der Waals surface area contributed by atoms with Crippen molar-refractivity contribution in [2.24, 2.45) is 23.7 Å². The summed E-state index contributed by atoms with van der Waals surface area (Å²) in [5.41, 5.74) is 0. The van der Waals surface area contributed by atoms with Gasteiger partial charge in [-0.2, -0.15) is 0 Å². The predicted molar refractivity (Wildman–Crippen MR) is 414 cm³/mol. The molecule has 0 fully saturated rings.